The van der Waals surface area contributed by atoms with E-state index in [1.807, 2.05) is 0 Å². The molecular weight excluding hydrogens is 254 g/mol. The summed E-state index contributed by atoms with van der Waals surface area (Å²) in [5, 5.41) is 9.31. The number of rotatable bonds is 6. The first-order valence-electron chi connectivity index (χ1n) is 6.69. The van der Waals surface area contributed by atoms with Crippen molar-refractivity contribution in [2.24, 2.45) is 5.92 Å². The summed E-state index contributed by atoms with van der Waals surface area (Å²) < 4.78 is 26.4. The predicted octanol–water partition coefficient (Wildman–Crippen LogP) is 1.49. The van der Waals surface area contributed by atoms with E-state index in [1.165, 1.54) is 0 Å². The van der Waals surface area contributed by atoms with Gasteiger partial charge in [-0.15, -0.1) is 0 Å². The molecule has 104 valence electrons. The Balaban J connectivity index is 2.00. The Kier molecular flexibility index (Phi) is 3.96. The average molecular weight is 275 g/mol. The fourth-order valence-electron chi connectivity index (χ4n) is 2.59. The summed E-state index contributed by atoms with van der Waals surface area (Å²) in [5.74, 6) is -0.432. The van der Waals surface area contributed by atoms with Crippen molar-refractivity contribution >= 4 is 16.0 Å². The van der Waals surface area contributed by atoms with Crippen molar-refractivity contribution in [3.63, 3.8) is 0 Å². The van der Waals surface area contributed by atoms with E-state index in [0.717, 1.165) is 32.1 Å². The van der Waals surface area contributed by atoms with Gasteiger partial charge in [-0.05, 0) is 25.2 Å². The molecule has 2 saturated carbocycles. The monoisotopic (exact) mass is 275 g/mol. The number of nitrogens with one attached hydrogen (secondary N) is 1. The largest absolute Gasteiger partial charge is 0.480 e. The Bertz CT molecular complexity index is 408. The summed E-state index contributed by atoms with van der Waals surface area (Å²) in [6, 6.07) is 0. The molecule has 0 saturated heterocycles. The van der Waals surface area contributed by atoms with Crippen molar-refractivity contribution in [1.82, 2.24) is 4.72 Å². The molecule has 0 spiro atoms. The Morgan fingerprint density at radius 1 is 1.22 bits per heavy atom. The van der Waals surface area contributed by atoms with Crippen LogP contribution in [0.15, 0.2) is 0 Å². The van der Waals surface area contributed by atoms with Gasteiger partial charge in [-0.3, -0.25) is 4.79 Å². The number of hydrogen-bond donors (Lipinski definition) is 2. The lowest BCUT2D eigenvalue weighted by Gasteiger charge is -2.33. The van der Waals surface area contributed by atoms with Gasteiger partial charge in [0.05, 0.1) is 5.75 Å². The van der Waals surface area contributed by atoms with Gasteiger partial charge in [-0.2, -0.15) is 4.72 Å². The van der Waals surface area contributed by atoms with Crippen LogP contribution in [0.5, 0.6) is 0 Å². The van der Waals surface area contributed by atoms with Crippen molar-refractivity contribution < 1.29 is 18.3 Å². The third kappa shape index (κ3) is 3.45. The molecule has 0 atom stereocenters. The Morgan fingerprint density at radius 2 is 1.83 bits per heavy atom. The van der Waals surface area contributed by atoms with E-state index < -0.39 is 21.5 Å². The van der Waals surface area contributed by atoms with Gasteiger partial charge < -0.3 is 5.11 Å². The van der Waals surface area contributed by atoms with Crippen LogP contribution in [-0.4, -0.2) is 30.8 Å². The molecule has 0 aromatic heterocycles. The average Bonchev–Trinajstić information content (AvgIpc) is 3.11. The molecule has 0 aliphatic heterocycles. The van der Waals surface area contributed by atoms with Crippen LogP contribution in [0, 0.1) is 5.92 Å². The van der Waals surface area contributed by atoms with E-state index >= 15 is 0 Å². The van der Waals surface area contributed by atoms with Gasteiger partial charge in [0.15, 0.2) is 0 Å². The lowest BCUT2D eigenvalue weighted by atomic mass is 9.83. The molecule has 0 unspecified atom stereocenters. The van der Waals surface area contributed by atoms with Gasteiger partial charge in [0, 0.05) is 0 Å². The van der Waals surface area contributed by atoms with Gasteiger partial charge in [0.25, 0.3) is 0 Å². The molecule has 5 nitrogen and oxygen atoms in total. The quantitative estimate of drug-likeness (QED) is 0.769. The summed E-state index contributed by atoms with van der Waals surface area (Å²) >= 11 is 0. The number of sulfonamides is 1. The molecule has 2 N–H and O–H groups in total. The highest BCUT2D eigenvalue weighted by Crippen LogP contribution is 2.33. The molecule has 0 amide bonds. The third-order valence-electron chi connectivity index (χ3n) is 3.96. The third-order valence-corrected chi connectivity index (χ3v) is 5.43. The van der Waals surface area contributed by atoms with E-state index in [0.29, 0.717) is 25.2 Å². The van der Waals surface area contributed by atoms with Crippen molar-refractivity contribution in [3.8, 4) is 0 Å². The van der Waals surface area contributed by atoms with Crippen LogP contribution in [0.3, 0.4) is 0 Å². The number of carboxylic acids is 1. The fraction of sp³-hybridized carbons (Fsp3) is 0.917. The second kappa shape index (κ2) is 5.17. The summed E-state index contributed by atoms with van der Waals surface area (Å²) in [5.41, 5.74) is -1.25. The fourth-order valence-corrected chi connectivity index (χ4v) is 4.22. The Labute approximate surface area is 108 Å². The minimum atomic E-state index is -3.47. The van der Waals surface area contributed by atoms with Crippen LogP contribution in [-0.2, 0) is 14.8 Å². The van der Waals surface area contributed by atoms with E-state index in [1.54, 1.807) is 0 Å². The zero-order valence-corrected chi connectivity index (χ0v) is 11.3. The topological polar surface area (TPSA) is 83.5 Å². The summed E-state index contributed by atoms with van der Waals surface area (Å²) in [6.45, 7) is 0. The zero-order valence-electron chi connectivity index (χ0n) is 10.5. The first-order valence-corrected chi connectivity index (χ1v) is 8.34. The highest BCUT2D eigenvalue weighted by molar-refractivity contribution is 7.89. The van der Waals surface area contributed by atoms with Crippen LogP contribution in [0.4, 0.5) is 0 Å². The molecule has 0 aromatic rings. The van der Waals surface area contributed by atoms with E-state index in [9.17, 15) is 18.3 Å². The summed E-state index contributed by atoms with van der Waals surface area (Å²) in [6.07, 6.45) is 6.23. The van der Waals surface area contributed by atoms with Gasteiger partial charge in [0.1, 0.15) is 5.54 Å². The van der Waals surface area contributed by atoms with Crippen LogP contribution < -0.4 is 4.72 Å². The van der Waals surface area contributed by atoms with E-state index in [-0.39, 0.29) is 5.75 Å². The van der Waals surface area contributed by atoms with Gasteiger partial charge in [-0.1, -0.05) is 32.1 Å². The van der Waals surface area contributed by atoms with Crippen LogP contribution in [0.2, 0.25) is 0 Å². The van der Waals surface area contributed by atoms with Gasteiger partial charge in [-0.25, -0.2) is 8.42 Å². The maximum absolute atomic E-state index is 12.0. The molecular formula is C12H21NO4S. The van der Waals surface area contributed by atoms with Crippen molar-refractivity contribution in [2.75, 3.05) is 5.75 Å². The molecule has 18 heavy (non-hydrogen) atoms. The molecule has 2 rings (SSSR count). The predicted molar refractivity (Wildman–Crippen MR) is 67.7 cm³/mol. The normalized spacial score (nSPS) is 23.8. The molecule has 0 radical (unpaired) electrons. The minimum Gasteiger partial charge on any atom is -0.480 e. The number of carboxylic acid groups (broad SMARTS) is 1. The lowest BCUT2D eigenvalue weighted by Crippen LogP contribution is -2.55. The lowest BCUT2D eigenvalue weighted by molar-refractivity contribution is -0.145. The number of carbonyl (C=O) groups is 1. The highest BCUT2D eigenvalue weighted by atomic mass is 32.2. The Morgan fingerprint density at radius 3 is 2.33 bits per heavy atom. The second-order valence-electron chi connectivity index (χ2n) is 5.60. The smallest absolute Gasteiger partial charge is 0.324 e. The first kappa shape index (κ1) is 13.8. The molecule has 2 aliphatic rings. The maximum atomic E-state index is 12.0. The highest BCUT2D eigenvalue weighted by Gasteiger charge is 2.42. The molecule has 0 aromatic carbocycles. The van der Waals surface area contributed by atoms with E-state index in [4.69, 9.17) is 0 Å². The van der Waals surface area contributed by atoms with Gasteiger partial charge in [0.2, 0.25) is 10.0 Å². The Hall–Kier alpha value is -0.620. The van der Waals surface area contributed by atoms with Gasteiger partial charge >= 0.3 is 5.97 Å². The second-order valence-corrected chi connectivity index (χ2v) is 7.44. The van der Waals surface area contributed by atoms with E-state index in [2.05, 4.69) is 4.72 Å². The maximum Gasteiger partial charge on any atom is 0.324 e. The number of hydrogen-bond acceptors (Lipinski definition) is 3. The molecule has 6 heteroatoms. The van der Waals surface area contributed by atoms with Crippen LogP contribution in [0.25, 0.3) is 0 Å². The van der Waals surface area contributed by atoms with Crippen LogP contribution in [0.1, 0.15) is 51.4 Å². The SMILES string of the molecule is O=C(O)C1(NS(=O)(=O)CCC2CC2)CCCCC1. The summed E-state index contributed by atoms with van der Waals surface area (Å²) in [7, 11) is -3.47. The zero-order chi connectivity index (χ0) is 13.2. The van der Waals surface area contributed by atoms with Crippen LogP contribution >= 0.6 is 0 Å². The molecule has 2 fully saturated rings. The van der Waals surface area contributed by atoms with Crippen molar-refractivity contribution in [1.29, 1.82) is 0 Å². The van der Waals surface area contributed by atoms with Crippen molar-refractivity contribution in [3.05, 3.63) is 0 Å². The molecule has 0 bridgehead atoms. The van der Waals surface area contributed by atoms with Crippen molar-refractivity contribution in [2.45, 2.75) is 56.9 Å². The summed E-state index contributed by atoms with van der Waals surface area (Å²) in [4.78, 5) is 11.4. The number of aliphatic carboxylic acids is 1. The minimum absolute atomic E-state index is 0.0622. The first-order chi connectivity index (χ1) is 8.44. The molecule has 2 aliphatic carbocycles. The molecule has 0 heterocycles. The standard InChI is InChI=1S/C12H21NO4S/c14-11(15)12(7-2-1-3-8-12)13-18(16,17)9-6-10-4-5-10/h10,13H,1-9H2,(H,14,15).